The molecule has 0 spiro atoms. The van der Waals surface area contributed by atoms with E-state index in [-0.39, 0.29) is 11.7 Å². The van der Waals surface area contributed by atoms with Crippen LogP contribution in [0, 0.1) is 0 Å². The summed E-state index contributed by atoms with van der Waals surface area (Å²) in [6.07, 6.45) is 3.54. The molecule has 6 heteroatoms. The molecular weight excluding hydrogens is 392 g/mol. The van der Waals surface area contributed by atoms with Crippen molar-refractivity contribution < 1.29 is 19.4 Å². The lowest BCUT2D eigenvalue weighted by Crippen LogP contribution is -2.23. The molecule has 154 valence electrons. The molecule has 2 heterocycles. The fraction of sp³-hybridized carbons (Fsp3) is 0.120. The molecule has 0 radical (unpaired) electrons. The SMILES string of the molecule is O=C(NCc1ccc(-c2cccc(O)c2)c2ccncc12)c1ccc2c(c1)OCCO2. The molecule has 4 aromatic rings. The summed E-state index contributed by atoms with van der Waals surface area (Å²) in [6.45, 7) is 1.34. The van der Waals surface area contributed by atoms with Gasteiger partial charge in [-0.1, -0.05) is 24.3 Å². The first-order chi connectivity index (χ1) is 15.2. The number of phenolic OH excluding ortho intramolecular Hbond substituents is 1. The van der Waals surface area contributed by atoms with Crippen LogP contribution in [0.5, 0.6) is 17.2 Å². The van der Waals surface area contributed by atoms with Crippen LogP contribution in [0.2, 0.25) is 0 Å². The van der Waals surface area contributed by atoms with Crippen molar-refractivity contribution in [3.63, 3.8) is 0 Å². The number of fused-ring (bicyclic) bond motifs is 2. The average molecular weight is 412 g/mol. The van der Waals surface area contributed by atoms with Gasteiger partial charge >= 0.3 is 0 Å². The van der Waals surface area contributed by atoms with E-state index in [1.165, 1.54) is 0 Å². The minimum absolute atomic E-state index is 0.189. The summed E-state index contributed by atoms with van der Waals surface area (Å²) in [6, 6.07) is 18.3. The molecule has 5 rings (SSSR count). The van der Waals surface area contributed by atoms with E-state index in [9.17, 15) is 9.90 Å². The Kier molecular flexibility index (Phi) is 4.88. The maximum Gasteiger partial charge on any atom is 0.251 e. The Balaban J connectivity index is 1.41. The molecule has 0 fully saturated rings. The largest absolute Gasteiger partial charge is 0.508 e. The monoisotopic (exact) mass is 412 g/mol. The number of phenols is 1. The summed E-state index contributed by atoms with van der Waals surface area (Å²) in [7, 11) is 0. The third-order valence-electron chi connectivity index (χ3n) is 5.31. The quantitative estimate of drug-likeness (QED) is 0.522. The number of pyridine rings is 1. The van der Waals surface area contributed by atoms with Crippen LogP contribution in [0.15, 0.2) is 73.1 Å². The zero-order chi connectivity index (χ0) is 21.2. The molecular formula is C25H20N2O4. The highest BCUT2D eigenvalue weighted by Gasteiger charge is 2.15. The Hall–Kier alpha value is -4.06. The summed E-state index contributed by atoms with van der Waals surface area (Å²) >= 11 is 0. The van der Waals surface area contributed by atoms with Crippen molar-refractivity contribution in [3.05, 3.63) is 84.2 Å². The molecule has 1 aromatic heterocycles. The molecule has 1 aliphatic rings. The molecule has 0 aliphatic carbocycles. The third kappa shape index (κ3) is 3.75. The lowest BCUT2D eigenvalue weighted by Gasteiger charge is -2.18. The first-order valence-electron chi connectivity index (χ1n) is 10.0. The van der Waals surface area contributed by atoms with E-state index in [0.717, 1.165) is 27.5 Å². The first kappa shape index (κ1) is 18.9. The van der Waals surface area contributed by atoms with Gasteiger partial charge in [-0.2, -0.15) is 0 Å². The van der Waals surface area contributed by atoms with Gasteiger partial charge in [-0.3, -0.25) is 9.78 Å². The molecule has 6 nitrogen and oxygen atoms in total. The van der Waals surface area contributed by atoms with Crippen LogP contribution in [0.25, 0.3) is 21.9 Å². The Morgan fingerprint density at radius 3 is 2.71 bits per heavy atom. The number of hydrogen-bond donors (Lipinski definition) is 2. The second-order valence-corrected chi connectivity index (χ2v) is 7.28. The highest BCUT2D eigenvalue weighted by atomic mass is 16.6. The van der Waals surface area contributed by atoms with Crippen LogP contribution in [-0.4, -0.2) is 29.2 Å². The van der Waals surface area contributed by atoms with Crippen LogP contribution < -0.4 is 14.8 Å². The molecule has 1 aliphatic heterocycles. The molecule has 0 saturated heterocycles. The summed E-state index contributed by atoms with van der Waals surface area (Å²) in [5.74, 6) is 1.27. The number of hydrogen-bond acceptors (Lipinski definition) is 5. The molecule has 1 amide bonds. The average Bonchev–Trinajstić information content (AvgIpc) is 2.82. The lowest BCUT2D eigenvalue weighted by molar-refractivity contribution is 0.0950. The number of rotatable bonds is 4. The number of ether oxygens (including phenoxy) is 2. The van der Waals surface area contributed by atoms with Crippen LogP contribution in [0.3, 0.4) is 0 Å². The van der Waals surface area contributed by atoms with E-state index >= 15 is 0 Å². The van der Waals surface area contributed by atoms with Gasteiger partial charge in [-0.05, 0) is 58.5 Å². The van der Waals surface area contributed by atoms with Crippen molar-refractivity contribution in [2.75, 3.05) is 13.2 Å². The normalized spacial score (nSPS) is 12.5. The molecule has 0 saturated carbocycles. The molecule has 2 N–H and O–H groups in total. The first-order valence-corrected chi connectivity index (χ1v) is 10.0. The van der Waals surface area contributed by atoms with Gasteiger partial charge in [0.25, 0.3) is 5.91 Å². The number of benzene rings is 3. The Morgan fingerprint density at radius 1 is 0.968 bits per heavy atom. The summed E-state index contributed by atoms with van der Waals surface area (Å²) in [4.78, 5) is 17.0. The highest BCUT2D eigenvalue weighted by Crippen LogP contribution is 2.33. The fourth-order valence-electron chi connectivity index (χ4n) is 3.79. The number of aromatic hydroxyl groups is 1. The zero-order valence-corrected chi connectivity index (χ0v) is 16.7. The minimum Gasteiger partial charge on any atom is -0.508 e. The van der Waals surface area contributed by atoms with Crippen molar-refractivity contribution >= 4 is 16.7 Å². The van der Waals surface area contributed by atoms with Gasteiger partial charge < -0.3 is 19.9 Å². The van der Waals surface area contributed by atoms with Crippen molar-refractivity contribution in [2.45, 2.75) is 6.54 Å². The Morgan fingerprint density at radius 2 is 1.84 bits per heavy atom. The standard InChI is InChI=1S/C25H20N2O4/c28-19-3-1-2-16(12-19)20-6-4-18(22-15-26-9-8-21(20)22)14-27-25(29)17-5-7-23-24(13-17)31-11-10-30-23/h1-9,12-13,15,28H,10-11,14H2,(H,27,29). The smallest absolute Gasteiger partial charge is 0.251 e. The molecule has 31 heavy (non-hydrogen) atoms. The number of carbonyl (C=O) groups is 1. The van der Waals surface area contributed by atoms with Gasteiger partial charge in [0.2, 0.25) is 0 Å². The van der Waals surface area contributed by atoms with E-state index in [2.05, 4.69) is 10.3 Å². The molecule has 0 unspecified atom stereocenters. The Labute approximate surface area is 179 Å². The number of aromatic nitrogens is 1. The van der Waals surface area contributed by atoms with Crippen molar-refractivity contribution in [1.82, 2.24) is 10.3 Å². The highest BCUT2D eigenvalue weighted by molar-refractivity contribution is 5.99. The molecule has 3 aromatic carbocycles. The maximum absolute atomic E-state index is 12.7. The van der Waals surface area contributed by atoms with Gasteiger partial charge in [0.15, 0.2) is 11.5 Å². The second kappa shape index (κ2) is 7.99. The minimum atomic E-state index is -0.189. The van der Waals surface area contributed by atoms with Crippen LogP contribution in [0.1, 0.15) is 15.9 Å². The van der Waals surface area contributed by atoms with Crippen LogP contribution >= 0.6 is 0 Å². The van der Waals surface area contributed by atoms with E-state index < -0.39 is 0 Å². The Bertz CT molecular complexity index is 1290. The second-order valence-electron chi connectivity index (χ2n) is 7.28. The summed E-state index contributed by atoms with van der Waals surface area (Å²) in [5, 5.41) is 14.8. The number of nitrogens with one attached hydrogen (secondary N) is 1. The van der Waals surface area contributed by atoms with E-state index in [4.69, 9.17) is 9.47 Å². The molecule has 0 atom stereocenters. The van der Waals surface area contributed by atoms with Crippen molar-refractivity contribution in [1.29, 1.82) is 0 Å². The van der Waals surface area contributed by atoms with Crippen LogP contribution in [-0.2, 0) is 6.54 Å². The van der Waals surface area contributed by atoms with Crippen molar-refractivity contribution in [2.24, 2.45) is 0 Å². The van der Waals surface area contributed by atoms with E-state index in [1.807, 2.05) is 30.3 Å². The molecule has 0 bridgehead atoms. The number of carbonyl (C=O) groups excluding carboxylic acids is 1. The zero-order valence-electron chi connectivity index (χ0n) is 16.7. The third-order valence-corrected chi connectivity index (χ3v) is 5.31. The van der Waals surface area contributed by atoms with Gasteiger partial charge in [-0.25, -0.2) is 0 Å². The summed E-state index contributed by atoms with van der Waals surface area (Å²) in [5.41, 5.74) is 3.39. The fourth-order valence-corrected chi connectivity index (χ4v) is 3.79. The number of amides is 1. The van der Waals surface area contributed by atoms with E-state index in [1.54, 1.807) is 42.7 Å². The van der Waals surface area contributed by atoms with Crippen LogP contribution in [0.4, 0.5) is 0 Å². The van der Waals surface area contributed by atoms with E-state index in [0.29, 0.717) is 36.8 Å². The predicted octanol–water partition coefficient (Wildman–Crippen LogP) is 4.31. The van der Waals surface area contributed by atoms with Gasteiger partial charge in [0.05, 0.1) is 0 Å². The number of nitrogens with zero attached hydrogens (tertiary/aromatic N) is 1. The lowest BCUT2D eigenvalue weighted by atomic mass is 9.96. The topological polar surface area (TPSA) is 80.7 Å². The predicted molar refractivity (Wildman–Crippen MR) is 117 cm³/mol. The summed E-state index contributed by atoms with van der Waals surface area (Å²) < 4.78 is 11.1. The van der Waals surface area contributed by atoms with Gasteiger partial charge in [0, 0.05) is 29.9 Å². The van der Waals surface area contributed by atoms with Gasteiger partial charge in [0.1, 0.15) is 19.0 Å². The maximum atomic E-state index is 12.7. The van der Waals surface area contributed by atoms with Crippen molar-refractivity contribution in [3.8, 4) is 28.4 Å². The van der Waals surface area contributed by atoms with Gasteiger partial charge in [-0.15, -0.1) is 0 Å².